The van der Waals surface area contributed by atoms with Crippen molar-refractivity contribution >= 4 is 5.97 Å². The molecule has 0 radical (unpaired) electrons. The van der Waals surface area contributed by atoms with Crippen molar-refractivity contribution in [2.45, 2.75) is 237 Å². The molecule has 0 bridgehead atoms. The summed E-state index contributed by atoms with van der Waals surface area (Å²) in [4.78, 5) is 12.7. The summed E-state index contributed by atoms with van der Waals surface area (Å²) >= 11 is 0. The van der Waals surface area contributed by atoms with Crippen molar-refractivity contribution < 1.29 is 44.2 Å². The van der Waals surface area contributed by atoms with Crippen molar-refractivity contribution in [3.8, 4) is 0 Å². The van der Waals surface area contributed by atoms with Gasteiger partial charge in [0.25, 0.3) is 0 Å². The third-order valence-corrected chi connectivity index (χ3v) is 10.3. The second-order valence-electron chi connectivity index (χ2n) is 15.2. The second kappa shape index (κ2) is 34.9. The molecule has 1 heterocycles. The van der Waals surface area contributed by atoms with E-state index in [2.05, 4.69) is 13.8 Å². The molecular weight excluding hydrogens is 648 g/mol. The van der Waals surface area contributed by atoms with Crippen molar-refractivity contribution in [1.82, 2.24) is 0 Å². The lowest BCUT2D eigenvalue weighted by Gasteiger charge is -2.39. The average Bonchev–Trinajstić information content (AvgIpc) is 3.13. The van der Waals surface area contributed by atoms with Crippen molar-refractivity contribution in [2.75, 3.05) is 26.4 Å². The van der Waals surface area contributed by atoms with Crippen LogP contribution in [0.4, 0.5) is 0 Å². The van der Waals surface area contributed by atoms with E-state index in [0.717, 1.165) is 32.1 Å². The molecule has 0 amide bonds. The van der Waals surface area contributed by atoms with Crippen LogP contribution in [0.3, 0.4) is 0 Å². The monoisotopic (exact) mass is 731 g/mol. The minimum atomic E-state index is -1.53. The van der Waals surface area contributed by atoms with E-state index in [9.17, 15) is 25.2 Å². The van der Waals surface area contributed by atoms with Crippen molar-refractivity contribution in [3.63, 3.8) is 0 Å². The maximum Gasteiger partial charge on any atom is 0.306 e. The fourth-order valence-corrected chi connectivity index (χ4v) is 6.85. The van der Waals surface area contributed by atoms with Crippen molar-refractivity contribution in [3.05, 3.63) is 0 Å². The first-order valence-electron chi connectivity index (χ1n) is 21.6. The Morgan fingerprint density at radius 3 is 1.39 bits per heavy atom. The molecule has 1 aliphatic rings. The summed E-state index contributed by atoms with van der Waals surface area (Å²) in [7, 11) is 0. The van der Waals surface area contributed by atoms with Gasteiger partial charge >= 0.3 is 5.97 Å². The lowest BCUT2D eigenvalue weighted by atomic mass is 9.99. The lowest BCUT2D eigenvalue weighted by molar-refractivity contribution is -0.305. The number of carbonyl (C=O) groups is 1. The molecule has 1 rings (SSSR count). The van der Waals surface area contributed by atoms with Crippen LogP contribution in [0.5, 0.6) is 0 Å². The van der Waals surface area contributed by atoms with Crippen LogP contribution in [0, 0.1) is 0 Å². The molecule has 0 aromatic heterocycles. The van der Waals surface area contributed by atoms with E-state index in [4.69, 9.17) is 18.9 Å². The van der Waals surface area contributed by atoms with Crippen molar-refractivity contribution in [1.29, 1.82) is 0 Å². The van der Waals surface area contributed by atoms with E-state index in [-0.39, 0.29) is 19.2 Å². The Morgan fingerprint density at radius 2 is 0.961 bits per heavy atom. The number of unbranched alkanes of at least 4 members (excludes halogenated alkanes) is 26. The molecule has 0 aliphatic carbocycles. The molecule has 9 nitrogen and oxygen atoms in total. The third kappa shape index (κ3) is 26.6. The van der Waals surface area contributed by atoms with Crippen LogP contribution >= 0.6 is 0 Å². The molecule has 6 unspecified atom stereocenters. The molecule has 1 saturated heterocycles. The molecular formula is C42H82O9. The molecule has 304 valence electrons. The average molecular weight is 731 g/mol. The van der Waals surface area contributed by atoms with Crippen LogP contribution in [-0.4, -0.2) is 89.6 Å². The SMILES string of the molecule is CCCCCCCCCCCCCCCCCOCC(COC1OC(CO)C(O)C(O)C1O)OC(=O)CCCCCCCCCCCCCCC. The number of ether oxygens (including phenoxy) is 4. The first-order chi connectivity index (χ1) is 24.9. The van der Waals surface area contributed by atoms with Gasteiger partial charge in [0.2, 0.25) is 0 Å². The van der Waals surface area contributed by atoms with Gasteiger partial charge in [0.15, 0.2) is 6.29 Å². The fraction of sp³-hybridized carbons (Fsp3) is 0.976. The summed E-state index contributed by atoms with van der Waals surface area (Å²) in [5, 5.41) is 40.0. The van der Waals surface area contributed by atoms with Gasteiger partial charge in [-0.2, -0.15) is 0 Å². The fourth-order valence-electron chi connectivity index (χ4n) is 6.85. The molecule has 4 N–H and O–H groups in total. The number of hydrogen-bond donors (Lipinski definition) is 4. The minimum absolute atomic E-state index is 0.105. The predicted molar refractivity (Wildman–Crippen MR) is 206 cm³/mol. The highest BCUT2D eigenvalue weighted by molar-refractivity contribution is 5.69. The lowest BCUT2D eigenvalue weighted by Crippen LogP contribution is -2.59. The van der Waals surface area contributed by atoms with Crippen LogP contribution in [-0.2, 0) is 23.7 Å². The van der Waals surface area contributed by atoms with Gasteiger partial charge in [0, 0.05) is 13.0 Å². The van der Waals surface area contributed by atoms with Crippen LogP contribution in [0.15, 0.2) is 0 Å². The van der Waals surface area contributed by atoms with Crippen LogP contribution in [0.1, 0.15) is 200 Å². The van der Waals surface area contributed by atoms with Gasteiger partial charge in [-0.25, -0.2) is 0 Å². The van der Waals surface area contributed by atoms with E-state index in [0.29, 0.717) is 13.0 Å². The highest BCUT2D eigenvalue weighted by Gasteiger charge is 2.44. The summed E-state index contributed by atoms with van der Waals surface area (Å²) < 4.78 is 22.8. The standard InChI is InChI=1S/C42H82O9/c1-3-5-7-9-11-13-15-17-18-20-22-24-26-28-30-32-48-34-36(35-49-42-41(47)40(46)39(45)37(33-43)51-42)50-38(44)31-29-27-25-23-21-19-16-14-12-10-8-6-4-2/h36-37,39-43,45-47H,3-35H2,1-2H3. The highest BCUT2D eigenvalue weighted by Crippen LogP contribution is 2.23. The van der Waals surface area contributed by atoms with Crippen LogP contribution in [0.25, 0.3) is 0 Å². The summed E-state index contributed by atoms with van der Waals surface area (Å²) in [6, 6.07) is 0. The number of rotatable bonds is 37. The molecule has 0 saturated carbocycles. The van der Waals surface area contributed by atoms with Gasteiger partial charge in [0.1, 0.15) is 30.5 Å². The molecule has 0 aromatic rings. The van der Waals surface area contributed by atoms with Crippen LogP contribution in [0.2, 0.25) is 0 Å². The Labute approximate surface area is 312 Å². The van der Waals surface area contributed by atoms with Gasteiger partial charge in [0.05, 0.1) is 19.8 Å². The maximum atomic E-state index is 12.7. The first kappa shape index (κ1) is 48.2. The Morgan fingerprint density at radius 1 is 0.549 bits per heavy atom. The van der Waals surface area contributed by atoms with Gasteiger partial charge in [-0.05, 0) is 12.8 Å². The zero-order chi connectivity index (χ0) is 37.2. The summed E-state index contributed by atoms with van der Waals surface area (Å²) in [6.07, 6.45) is 28.4. The van der Waals surface area contributed by atoms with Gasteiger partial charge < -0.3 is 39.4 Å². The number of aliphatic hydroxyl groups is 4. The summed E-state index contributed by atoms with van der Waals surface area (Å²) in [6.45, 7) is 4.59. The van der Waals surface area contributed by atoms with Gasteiger partial charge in [-0.1, -0.05) is 181 Å². The molecule has 1 aliphatic heterocycles. The topological polar surface area (TPSA) is 135 Å². The number of aliphatic hydroxyl groups excluding tert-OH is 4. The Balaban J connectivity index is 2.26. The minimum Gasteiger partial charge on any atom is -0.457 e. The highest BCUT2D eigenvalue weighted by atomic mass is 16.7. The van der Waals surface area contributed by atoms with E-state index in [1.807, 2.05) is 0 Å². The quantitative estimate of drug-likeness (QED) is 0.0365. The Hall–Kier alpha value is -0.810. The Bertz CT molecular complexity index is 752. The summed E-state index contributed by atoms with van der Waals surface area (Å²) in [5.41, 5.74) is 0. The zero-order valence-corrected chi connectivity index (χ0v) is 33.1. The van der Waals surface area contributed by atoms with Crippen LogP contribution < -0.4 is 0 Å². The van der Waals surface area contributed by atoms with E-state index in [1.165, 1.54) is 148 Å². The molecule has 9 heteroatoms. The molecule has 51 heavy (non-hydrogen) atoms. The molecule has 1 fully saturated rings. The van der Waals surface area contributed by atoms with E-state index < -0.39 is 43.4 Å². The third-order valence-electron chi connectivity index (χ3n) is 10.3. The van der Waals surface area contributed by atoms with E-state index in [1.54, 1.807) is 0 Å². The zero-order valence-electron chi connectivity index (χ0n) is 33.1. The normalized spacial score (nSPS) is 21.3. The smallest absolute Gasteiger partial charge is 0.306 e. The Kier molecular flexibility index (Phi) is 33.0. The largest absolute Gasteiger partial charge is 0.457 e. The van der Waals surface area contributed by atoms with Gasteiger partial charge in [-0.3, -0.25) is 4.79 Å². The number of carbonyl (C=O) groups excluding carboxylic acids is 1. The molecule has 0 spiro atoms. The maximum absolute atomic E-state index is 12.7. The number of hydrogen-bond acceptors (Lipinski definition) is 9. The first-order valence-corrected chi connectivity index (χ1v) is 21.6. The number of esters is 1. The van der Waals surface area contributed by atoms with Crippen molar-refractivity contribution in [2.24, 2.45) is 0 Å². The predicted octanol–water partition coefficient (Wildman–Crippen LogP) is 9.08. The summed E-state index contributed by atoms with van der Waals surface area (Å²) in [5.74, 6) is -0.309. The molecule has 0 aromatic carbocycles. The second-order valence-corrected chi connectivity index (χ2v) is 15.2. The van der Waals surface area contributed by atoms with Gasteiger partial charge in [-0.15, -0.1) is 0 Å². The molecule has 6 atom stereocenters. The van der Waals surface area contributed by atoms with E-state index >= 15 is 0 Å².